The second-order valence-electron chi connectivity index (χ2n) is 10.1. The van der Waals surface area contributed by atoms with Gasteiger partial charge < -0.3 is 0 Å². The molecule has 0 saturated heterocycles. The van der Waals surface area contributed by atoms with Crippen molar-refractivity contribution in [3.05, 3.63) is 20.8 Å². The molecule has 0 radical (unpaired) electrons. The largest absolute Gasteiger partial charge is 0.147 e. The molecule has 0 aliphatic heterocycles. The van der Waals surface area contributed by atoms with Crippen LogP contribution in [0.2, 0.25) is 13.1 Å². The molecule has 3 rings (SSSR count). The van der Waals surface area contributed by atoms with Gasteiger partial charge in [-0.2, -0.15) is 0 Å². The van der Waals surface area contributed by atoms with Crippen LogP contribution in [-0.4, -0.2) is 19.1 Å². The standard InChI is InChI=1S/C23H40PSi.2ClH.Cr/c1-18-19(2)23(3,4)17-22(18)25(5,6)24(20-13-9-7-10-14-20)21-15-11-8-12-16-21;;;/h20-21H,7-16H2,1-6H3;2*1H;. The summed E-state index contributed by atoms with van der Waals surface area (Å²) >= 11 is 3.59. The Morgan fingerprint density at radius 2 is 1.21 bits per heavy atom. The summed E-state index contributed by atoms with van der Waals surface area (Å²) in [6, 6.07) is 0. The maximum Gasteiger partial charge on any atom is -0.147 e. The molecular formula is C23H42Cl2CrPSi. The number of allylic oxidation sites excluding steroid dienone is 4. The molecule has 3 aliphatic carbocycles. The molecule has 0 N–H and O–H groups in total. The van der Waals surface area contributed by atoms with Crippen molar-refractivity contribution in [2.24, 2.45) is 5.41 Å². The molecule has 28 heavy (non-hydrogen) atoms. The number of hydrogen-bond donors (Lipinski definition) is 0. The molecule has 0 unspecified atom stereocenters. The molecular weight excluding hydrogens is 458 g/mol. The third-order valence-electron chi connectivity index (χ3n) is 7.86. The van der Waals surface area contributed by atoms with Crippen molar-refractivity contribution in [3.8, 4) is 0 Å². The topological polar surface area (TPSA) is 0 Å². The van der Waals surface area contributed by atoms with Crippen molar-refractivity contribution in [3.63, 3.8) is 0 Å². The monoisotopic (exact) mass is 499 g/mol. The first-order valence-electron chi connectivity index (χ1n) is 11.1. The zero-order valence-electron chi connectivity index (χ0n) is 18.9. The zero-order valence-corrected chi connectivity index (χ0v) is 23.7. The Hall–Kier alpha value is 1.24. The molecule has 0 spiro atoms. The van der Waals surface area contributed by atoms with Crippen LogP contribution in [-0.2, 0) is 16.3 Å². The second kappa shape index (κ2) is 10.7. The first-order chi connectivity index (χ1) is 12.2. The van der Waals surface area contributed by atoms with Gasteiger partial charge >= 0.3 is 174 Å². The molecule has 2 saturated carbocycles. The molecule has 5 heteroatoms. The third kappa shape index (κ3) is 5.00. The Morgan fingerprint density at radius 1 is 0.821 bits per heavy atom. The summed E-state index contributed by atoms with van der Waals surface area (Å²) in [6.45, 7) is 15.3. The summed E-state index contributed by atoms with van der Waals surface area (Å²) in [5.74, 6) is 0. The van der Waals surface area contributed by atoms with E-state index in [0.29, 0.717) is 0 Å². The van der Waals surface area contributed by atoms with E-state index < -0.39 is 7.74 Å². The van der Waals surface area contributed by atoms with E-state index in [2.05, 4.69) is 57.1 Å². The predicted molar refractivity (Wildman–Crippen MR) is 132 cm³/mol. The molecule has 163 valence electrons. The van der Waals surface area contributed by atoms with Gasteiger partial charge in [-0.05, 0) is 0 Å². The maximum atomic E-state index is 3.59. The van der Waals surface area contributed by atoms with Crippen LogP contribution >= 0.6 is 32.3 Å². The van der Waals surface area contributed by atoms with E-state index >= 15 is 0 Å². The van der Waals surface area contributed by atoms with Crippen LogP contribution in [0.25, 0.3) is 0 Å². The number of halogens is 2. The molecule has 0 atom stereocenters. The van der Waals surface area contributed by atoms with Crippen molar-refractivity contribution in [1.82, 2.24) is 0 Å². The number of hydrogen-bond acceptors (Lipinski definition) is 0. The van der Waals surface area contributed by atoms with E-state index in [-0.39, 0.29) is 37.7 Å². The fourth-order valence-electron chi connectivity index (χ4n) is 6.10. The van der Waals surface area contributed by atoms with Crippen molar-refractivity contribution in [2.45, 2.75) is 116 Å². The van der Waals surface area contributed by atoms with Crippen LogP contribution in [0.3, 0.4) is 0 Å². The summed E-state index contributed by atoms with van der Waals surface area (Å²) < 4.78 is 1.61. The summed E-state index contributed by atoms with van der Waals surface area (Å²) in [4.78, 5) is 0. The van der Waals surface area contributed by atoms with Crippen molar-refractivity contribution in [2.75, 3.05) is 0 Å². The molecule has 0 aromatic heterocycles. The molecule has 0 aromatic carbocycles. The molecule has 0 amide bonds. The van der Waals surface area contributed by atoms with Crippen LogP contribution < -0.4 is 0 Å². The van der Waals surface area contributed by atoms with Crippen LogP contribution in [0.4, 0.5) is 0 Å². The average molecular weight is 501 g/mol. The van der Waals surface area contributed by atoms with E-state index in [1.165, 1.54) is 38.5 Å². The smallest absolute Gasteiger partial charge is 0.147 e. The van der Waals surface area contributed by atoms with Crippen LogP contribution in [0.5, 0.6) is 0 Å². The summed E-state index contributed by atoms with van der Waals surface area (Å²) in [5, 5.41) is 1.85. The Morgan fingerprint density at radius 3 is 1.54 bits per heavy atom. The third-order valence-corrected chi connectivity index (χ3v) is 21.8. The summed E-state index contributed by atoms with van der Waals surface area (Å²) in [6.07, 6.45) is 15.2. The molecule has 3 aliphatic rings. The molecule has 0 heterocycles. The minimum absolute atomic E-state index is 0. The second-order valence-corrected chi connectivity index (χ2v) is 21.6. The SMILES string of the molecule is CC1=C(C)C(C)(C)[C]([Cr])=C1[Si](C)(C)P(C1CCCCC1)C1CCCCC1.Cl.Cl. The maximum absolute atomic E-state index is 3.59. The van der Waals surface area contributed by atoms with Crippen LogP contribution in [0.15, 0.2) is 20.8 Å². The normalized spacial score (nSPS) is 24.4. The van der Waals surface area contributed by atoms with Crippen molar-refractivity contribution >= 4 is 40.0 Å². The fourth-order valence-corrected chi connectivity index (χ4v) is 23.3. The predicted octanol–water partition coefficient (Wildman–Crippen LogP) is 8.90. The van der Waals surface area contributed by atoms with E-state index in [4.69, 9.17) is 0 Å². The first-order valence-corrected chi connectivity index (χ1v) is 17.0. The van der Waals surface area contributed by atoms with Gasteiger partial charge in [-0.1, -0.05) is 0 Å². The van der Waals surface area contributed by atoms with Crippen LogP contribution in [0, 0.1) is 5.41 Å². The van der Waals surface area contributed by atoms with Crippen LogP contribution in [0.1, 0.15) is 91.9 Å². The molecule has 0 nitrogen and oxygen atoms in total. The van der Waals surface area contributed by atoms with Gasteiger partial charge in [0, 0.05) is 0 Å². The minimum Gasteiger partial charge on any atom is -0.147 e. The van der Waals surface area contributed by atoms with E-state index in [0.717, 1.165) is 11.3 Å². The molecule has 2 fully saturated rings. The fraction of sp³-hybridized carbons (Fsp3) is 0.826. The van der Waals surface area contributed by atoms with Gasteiger partial charge in [-0.15, -0.1) is 24.8 Å². The van der Waals surface area contributed by atoms with Gasteiger partial charge in [0.15, 0.2) is 0 Å². The van der Waals surface area contributed by atoms with E-state index in [9.17, 15) is 0 Å². The Bertz CT molecular complexity index is 582. The van der Waals surface area contributed by atoms with Gasteiger partial charge in [-0.25, -0.2) is 0 Å². The van der Waals surface area contributed by atoms with Gasteiger partial charge in [0.25, 0.3) is 0 Å². The van der Waals surface area contributed by atoms with Gasteiger partial charge in [0.2, 0.25) is 0 Å². The zero-order chi connectivity index (χ0) is 19.1. The average Bonchev–Trinajstić information content (AvgIpc) is 2.77. The van der Waals surface area contributed by atoms with Crippen molar-refractivity contribution in [1.29, 1.82) is 0 Å². The number of rotatable bonds is 4. The Labute approximate surface area is 198 Å². The Kier molecular flexibility index (Phi) is 10.4. The van der Waals surface area contributed by atoms with Gasteiger partial charge in [0.05, 0.1) is 0 Å². The van der Waals surface area contributed by atoms with E-state index in [1.54, 1.807) is 41.3 Å². The summed E-state index contributed by atoms with van der Waals surface area (Å²) in [7, 11) is -1.31. The van der Waals surface area contributed by atoms with Gasteiger partial charge in [0.1, 0.15) is 0 Å². The minimum atomic E-state index is -1.48. The molecule has 0 aromatic rings. The summed E-state index contributed by atoms with van der Waals surface area (Å²) in [5.41, 5.74) is 5.67. The quantitative estimate of drug-likeness (QED) is 0.267. The van der Waals surface area contributed by atoms with Crippen molar-refractivity contribution < 1.29 is 16.3 Å². The Balaban J connectivity index is 0.00000196. The van der Waals surface area contributed by atoms with Gasteiger partial charge in [-0.3, -0.25) is 0 Å². The first kappa shape index (κ1) is 27.3. The molecule has 0 bridgehead atoms. The van der Waals surface area contributed by atoms with E-state index in [1.807, 2.05) is 5.20 Å².